The van der Waals surface area contributed by atoms with E-state index in [2.05, 4.69) is 5.32 Å². The van der Waals surface area contributed by atoms with Crippen LogP contribution in [-0.4, -0.2) is 23.3 Å². The number of anilines is 1. The number of nitrogens with one attached hydrogen (secondary N) is 1. The smallest absolute Gasteiger partial charge is 0.226 e. The fourth-order valence-electron chi connectivity index (χ4n) is 2.41. The van der Waals surface area contributed by atoms with Crippen molar-refractivity contribution < 1.29 is 18.4 Å². The van der Waals surface area contributed by atoms with Crippen LogP contribution in [0.25, 0.3) is 0 Å². The van der Waals surface area contributed by atoms with Crippen molar-refractivity contribution in [3.8, 4) is 0 Å². The molecule has 0 aromatic heterocycles. The van der Waals surface area contributed by atoms with Crippen LogP contribution >= 0.6 is 0 Å². The van der Waals surface area contributed by atoms with Gasteiger partial charge in [-0.3, -0.25) is 9.59 Å². The molecule has 0 radical (unpaired) electrons. The molecule has 4 nitrogen and oxygen atoms in total. The lowest BCUT2D eigenvalue weighted by atomic mass is 10.1. The van der Waals surface area contributed by atoms with Gasteiger partial charge in [0.1, 0.15) is 0 Å². The number of rotatable bonds is 6. The van der Waals surface area contributed by atoms with Crippen molar-refractivity contribution in [2.75, 3.05) is 11.9 Å². The van der Waals surface area contributed by atoms with Gasteiger partial charge in [0.15, 0.2) is 11.6 Å². The van der Waals surface area contributed by atoms with Gasteiger partial charge >= 0.3 is 0 Å². The molecule has 2 aromatic rings. The molecule has 2 aromatic carbocycles. The second-order valence-corrected chi connectivity index (χ2v) is 5.86. The summed E-state index contributed by atoms with van der Waals surface area (Å²) in [5.41, 5.74) is 2.25. The van der Waals surface area contributed by atoms with Gasteiger partial charge in [0.05, 0.1) is 0 Å². The Labute approximate surface area is 145 Å². The Hall–Kier alpha value is -2.76. The third kappa shape index (κ3) is 5.67. The van der Waals surface area contributed by atoms with Gasteiger partial charge in [0, 0.05) is 38.2 Å². The minimum Gasteiger partial charge on any atom is -0.338 e. The van der Waals surface area contributed by atoms with E-state index < -0.39 is 11.6 Å². The van der Waals surface area contributed by atoms with Gasteiger partial charge in [-0.15, -0.1) is 0 Å². The topological polar surface area (TPSA) is 49.4 Å². The van der Waals surface area contributed by atoms with Crippen LogP contribution in [0.5, 0.6) is 0 Å². The fourth-order valence-corrected chi connectivity index (χ4v) is 2.41. The van der Waals surface area contributed by atoms with Gasteiger partial charge in [-0.05, 0) is 24.6 Å². The molecule has 0 fully saturated rings. The summed E-state index contributed by atoms with van der Waals surface area (Å²) >= 11 is 0. The lowest BCUT2D eigenvalue weighted by Crippen LogP contribution is -2.31. The van der Waals surface area contributed by atoms with Gasteiger partial charge in [-0.1, -0.05) is 29.8 Å². The number of amides is 2. The highest BCUT2D eigenvalue weighted by molar-refractivity contribution is 5.91. The van der Waals surface area contributed by atoms with Crippen LogP contribution in [0.4, 0.5) is 14.5 Å². The van der Waals surface area contributed by atoms with E-state index >= 15 is 0 Å². The number of aryl methyl sites for hydroxylation is 1. The van der Waals surface area contributed by atoms with Gasteiger partial charge in [0.2, 0.25) is 11.8 Å². The molecular weight excluding hydrogens is 326 g/mol. The van der Waals surface area contributed by atoms with Crippen LogP contribution in [-0.2, 0) is 16.1 Å². The van der Waals surface area contributed by atoms with Crippen LogP contribution < -0.4 is 5.32 Å². The zero-order valence-corrected chi connectivity index (χ0v) is 14.2. The van der Waals surface area contributed by atoms with Crippen molar-refractivity contribution in [1.82, 2.24) is 4.90 Å². The third-order valence-corrected chi connectivity index (χ3v) is 3.71. The molecule has 0 aliphatic carbocycles. The minimum atomic E-state index is -1.03. The summed E-state index contributed by atoms with van der Waals surface area (Å²) < 4.78 is 26.0. The molecule has 0 saturated carbocycles. The van der Waals surface area contributed by atoms with Crippen molar-refractivity contribution >= 4 is 17.5 Å². The van der Waals surface area contributed by atoms with E-state index in [0.29, 0.717) is 6.54 Å². The van der Waals surface area contributed by atoms with Gasteiger partial charge in [0.25, 0.3) is 0 Å². The number of halogens is 2. The SMILES string of the molecule is CC(=O)N(CCC(=O)Nc1ccc(F)c(F)c1)Cc1cccc(C)c1. The number of hydrogen-bond acceptors (Lipinski definition) is 2. The molecule has 6 heteroatoms. The first-order valence-corrected chi connectivity index (χ1v) is 7.91. The molecule has 0 atom stereocenters. The van der Waals surface area contributed by atoms with Gasteiger partial charge < -0.3 is 10.2 Å². The highest BCUT2D eigenvalue weighted by atomic mass is 19.2. The van der Waals surface area contributed by atoms with Crippen LogP contribution in [0.15, 0.2) is 42.5 Å². The summed E-state index contributed by atoms with van der Waals surface area (Å²) in [6.45, 7) is 4.06. The van der Waals surface area contributed by atoms with E-state index in [-0.39, 0.29) is 30.5 Å². The number of benzene rings is 2. The first kappa shape index (κ1) is 18.6. The lowest BCUT2D eigenvalue weighted by Gasteiger charge is -2.21. The van der Waals surface area contributed by atoms with Crippen molar-refractivity contribution in [2.45, 2.75) is 26.8 Å². The molecule has 0 aliphatic heterocycles. The number of nitrogens with zero attached hydrogens (tertiary/aromatic N) is 1. The number of hydrogen-bond donors (Lipinski definition) is 1. The second kappa shape index (κ2) is 8.37. The first-order valence-electron chi connectivity index (χ1n) is 7.91. The van der Waals surface area contributed by atoms with Gasteiger partial charge in [-0.2, -0.15) is 0 Å². The summed E-state index contributed by atoms with van der Waals surface area (Å²) in [5.74, 6) is -2.51. The van der Waals surface area contributed by atoms with E-state index in [0.717, 1.165) is 23.3 Å². The zero-order valence-electron chi connectivity index (χ0n) is 14.2. The molecule has 2 rings (SSSR count). The van der Waals surface area contributed by atoms with Gasteiger partial charge in [-0.25, -0.2) is 8.78 Å². The molecule has 2 amide bonds. The molecule has 0 bridgehead atoms. The van der Waals surface area contributed by atoms with Crippen LogP contribution in [0, 0.1) is 18.6 Å². The molecule has 0 saturated heterocycles. The average molecular weight is 346 g/mol. The maximum Gasteiger partial charge on any atom is 0.226 e. The quantitative estimate of drug-likeness (QED) is 0.868. The maximum absolute atomic E-state index is 13.1. The summed E-state index contributed by atoms with van der Waals surface area (Å²) in [6.07, 6.45) is 0.0599. The fraction of sp³-hybridized carbons (Fsp3) is 0.263. The first-order chi connectivity index (χ1) is 11.8. The maximum atomic E-state index is 13.1. The van der Waals surface area contributed by atoms with E-state index in [9.17, 15) is 18.4 Å². The largest absolute Gasteiger partial charge is 0.338 e. The van der Waals surface area contributed by atoms with E-state index in [1.165, 1.54) is 13.0 Å². The second-order valence-electron chi connectivity index (χ2n) is 5.86. The molecule has 0 aliphatic rings. The Morgan fingerprint density at radius 1 is 1.08 bits per heavy atom. The predicted molar refractivity (Wildman–Crippen MR) is 91.9 cm³/mol. The molecule has 25 heavy (non-hydrogen) atoms. The third-order valence-electron chi connectivity index (χ3n) is 3.71. The van der Waals surface area contributed by atoms with E-state index in [1.807, 2.05) is 31.2 Å². The van der Waals surface area contributed by atoms with Crippen LogP contribution in [0.2, 0.25) is 0 Å². The number of carbonyl (C=O) groups excluding carboxylic acids is 2. The predicted octanol–water partition coefficient (Wildman–Crippen LogP) is 3.65. The normalized spacial score (nSPS) is 10.4. The molecule has 0 heterocycles. The summed E-state index contributed by atoms with van der Waals surface area (Å²) in [4.78, 5) is 25.3. The van der Waals surface area contributed by atoms with E-state index in [1.54, 1.807) is 4.90 Å². The highest BCUT2D eigenvalue weighted by Crippen LogP contribution is 2.14. The van der Waals surface area contributed by atoms with Crippen molar-refractivity contribution in [1.29, 1.82) is 0 Å². The summed E-state index contributed by atoms with van der Waals surface area (Å²) in [6, 6.07) is 10.9. The molecule has 0 unspecified atom stereocenters. The minimum absolute atomic E-state index is 0.0599. The number of carbonyl (C=O) groups is 2. The van der Waals surface area contributed by atoms with Crippen LogP contribution in [0.3, 0.4) is 0 Å². The summed E-state index contributed by atoms with van der Waals surface area (Å²) in [5, 5.41) is 2.49. The Morgan fingerprint density at radius 2 is 1.84 bits per heavy atom. The molecular formula is C19H20F2N2O2. The molecule has 132 valence electrons. The monoisotopic (exact) mass is 346 g/mol. The Kier molecular flexibility index (Phi) is 6.22. The van der Waals surface area contributed by atoms with Crippen molar-refractivity contribution in [3.63, 3.8) is 0 Å². The highest BCUT2D eigenvalue weighted by Gasteiger charge is 2.13. The van der Waals surface area contributed by atoms with Crippen LogP contribution in [0.1, 0.15) is 24.5 Å². The Bertz CT molecular complexity index is 778. The molecule has 0 spiro atoms. The zero-order chi connectivity index (χ0) is 18.4. The Balaban J connectivity index is 1.92. The van der Waals surface area contributed by atoms with Crippen molar-refractivity contribution in [2.24, 2.45) is 0 Å². The average Bonchev–Trinajstić information content (AvgIpc) is 2.54. The van der Waals surface area contributed by atoms with E-state index in [4.69, 9.17) is 0 Å². The van der Waals surface area contributed by atoms with Crippen molar-refractivity contribution in [3.05, 3.63) is 65.2 Å². The Morgan fingerprint density at radius 3 is 2.48 bits per heavy atom. The summed E-state index contributed by atoms with van der Waals surface area (Å²) in [7, 11) is 0. The molecule has 1 N–H and O–H groups in total. The standard InChI is InChI=1S/C19H20F2N2O2/c1-13-4-3-5-15(10-13)12-23(14(2)24)9-8-19(25)22-16-6-7-17(20)18(21)11-16/h3-7,10-11H,8-9,12H2,1-2H3,(H,22,25). The lowest BCUT2D eigenvalue weighted by molar-refractivity contribution is -0.129.